The fourth-order valence-corrected chi connectivity index (χ4v) is 2.81. The average molecular weight is 354 g/mol. The molecule has 1 aliphatic heterocycles. The molecule has 6 nitrogen and oxygen atoms in total. The Morgan fingerprint density at radius 1 is 1.19 bits per heavy atom. The van der Waals surface area contributed by atoms with Crippen LogP contribution in [0.4, 0.5) is 10.5 Å². The number of hydrogen-bond donors (Lipinski definition) is 1. The van der Waals surface area contributed by atoms with Crippen LogP contribution < -0.4 is 10.1 Å². The van der Waals surface area contributed by atoms with Gasteiger partial charge in [0.2, 0.25) is 0 Å². The van der Waals surface area contributed by atoms with Crippen LogP contribution in [0.15, 0.2) is 42.5 Å². The van der Waals surface area contributed by atoms with Crippen LogP contribution >= 0.6 is 0 Å². The molecule has 0 bridgehead atoms. The van der Waals surface area contributed by atoms with Gasteiger partial charge in [-0.15, -0.1) is 0 Å². The first-order valence-corrected chi connectivity index (χ1v) is 8.46. The van der Waals surface area contributed by atoms with Crippen molar-refractivity contribution in [3.05, 3.63) is 59.2 Å². The summed E-state index contributed by atoms with van der Waals surface area (Å²) < 4.78 is 10.6. The van der Waals surface area contributed by atoms with E-state index in [0.717, 1.165) is 16.8 Å². The van der Waals surface area contributed by atoms with Crippen molar-refractivity contribution in [1.29, 1.82) is 0 Å². The molecular weight excluding hydrogens is 332 g/mol. The number of hydrogen-bond acceptors (Lipinski definition) is 4. The zero-order valence-corrected chi connectivity index (χ0v) is 15.1. The molecule has 3 rings (SSSR count). The number of anilines is 1. The topological polar surface area (TPSA) is 67.9 Å². The van der Waals surface area contributed by atoms with E-state index in [9.17, 15) is 9.59 Å². The number of esters is 1. The monoisotopic (exact) mass is 354 g/mol. The summed E-state index contributed by atoms with van der Waals surface area (Å²) in [6.07, 6.45) is 0. The van der Waals surface area contributed by atoms with Gasteiger partial charge < -0.3 is 19.7 Å². The second kappa shape index (κ2) is 7.47. The number of nitrogens with zero attached hydrogens (tertiary/aromatic N) is 1. The summed E-state index contributed by atoms with van der Waals surface area (Å²) in [7, 11) is 1.34. The van der Waals surface area contributed by atoms with Crippen LogP contribution in [-0.2, 0) is 11.3 Å². The van der Waals surface area contributed by atoms with E-state index in [2.05, 4.69) is 5.32 Å². The molecule has 2 amide bonds. The van der Waals surface area contributed by atoms with Gasteiger partial charge in [0.1, 0.15) is 12.4 Å². The lowest BCUT2D eigenvalue weighted by Crippen LogP contribution is -2.42. The Kier molecular flexibility index (Phi) is 5.11. The van der Waals surface area contributed by atoms with Crippen LogP contribution in [0.3, 0.4) is 0 Å². The quantitative estimate of drug-likeness (QED) is 0.837. The number of rotatable bonds is 2. The normalized spacial score (nSPS) is 16.1. The Morgan fingerprint density at radius 3 is 2.62 bits per heavy atom. The smallest absolute Gasteiger partial charge is 0.337 e. The Balaban J connectivity index is 1.79. The highest BCUT2D eigenvalue weighted by Crippen LogP contribution is 2.27. The molecule has 0 radical (unpaired) electrons. The van der Waals surface area contributed by atoms with Gasteiger partial charge in [0, 0.05) is 11.3 Å². The van der Waals surface area contributed by atoms with E-state index in [1.165, 1.54) is 7.11 Å². The number of carbonyl (C=O) groups is 2. The van der Waals surface area contributed by atoms with Crippen molar-refractivity contribution in [3.8, 4) is 5.75 Å². The molecule has 1 heterocycles. The highest BCUT2D eigenvalue weighted by atomic mass is 16.5. The highest BCUT2D eigenvalue weighted by Gasteiger charge is 2.26. The van der Waals surface area contributed by atoms with Crippen molar-refractivity contribution < 1.29 is 19.1 Å². The molecule has 1 N–H and O–H groups in total. The zero-order valence-electron chi connectivity index (χ0n) is 15.1. The second-order valence-electron chi connectivity index (χ2n) is 6.40. The number of methoxy groups -OCH3 is 1. The van der Waals surface area contributed by atoms with Crippen molar-refractivity contribution in [3.63, 3.8) is 0 Å². The van der Waals surface area contributed by atoms with Crippen LogP contribution in [0.2, 0.25) is 0 Å². The third kappa shape index (κ3) is 3.79. The molecule has 0 fully saturated rings. The van der Waals surface area contributed by atoms with Gasteiger partial charge in [-0.2, -0.15) is 0 Å². The Labute approximate surface area is 152 Å². The van der Waals surface area contributed by atoms with E-state index in [4.69, 9.17) is 9.47 Å². The highest BCUT2D eigenvalue weighted by molar-refractivity contribution is 5.91. The maximum atomic E-state index is 12.7. The van der Waals surface area contributed by atoms with Gasteiger partial charge in [-0.1, -0.05) is 23.8 Å². The summed E-state index contributed by atoms with van der Waals surface area (Å²) >= 11 is 0. The summed E-state index contributed by atoms with van der Waals surface area (Å²) in [4.78, 5) is 26.2. The van der Waals surface area contributed by atoms with Gasteiger partial charge in [0.15, 0.2) is 0 Å². The van der Waals surface area contributed by atoms with Gasteiger partial charge >= 0.3 is 12.0 Å². The molecule has 0 aromatic heterocycles. The molecule has 0 spiro atoms. The molecule has 26 heavy (non-hydrogen) atoms. The van der Waals surface area contributed by atoms with Gasteiger partial charge in [0.25, 0.3) is 0 Å². The number of carbonyl (C=O) groups excluding carboxylic acids is 2. The fourth-order valence-electron chi connectivity index (χ4n) is 2.81. The first-order valence-electron chi connectivity index (χ1n) is 8.46. The number of urea groups is 1. The molecule has 0 saturated carbocycles. The Bertz CT molecular complexity index is 817. The van der Waals surface area contributed by atoms with Crippen LogP contribution in [0.25, 0.3) is 0 Å². The number of amides is 2. The largest absolute Gasteiger partial charge is 0.491 e. The van der Waals surface area contributed by atoms with E-state index in [-0.39, 0.29) is 12.1 Å². The summed E-state index contributed by atoms with van der Waals surface area (Å²) in [5.74, 6) is 0.188. The molecule has 0 unspecified atom stereocenters. The number of nitrogens with one attached hydrogen (secondary N) is 1. The number of fused-ring (bicyclic) bond motifs is 1. The van der Waals surface area contributed by atoms with Crippen molar-refractivity contribution in [2.45, 2.75) is 26.4 Å². The summed E-state index contributed by atoms with van der Waals surface area (Å²) in [6, 6.07) is 12.5. The van der Waals surface area contributed by atoms with Gasteiger partial charge in [-0.05, 0) is 38.1 Å². The van der Waals surface area contributed by atoms with Crippen molar-refractivity contribution in [1.82, 2.24) is 4.90 Å². The van der Waals surface area contributed by atoms with E-state index < -0.39 is 5.97 Å². The number of aryl methyl sites for hydroxylation is 1. The average Bonchev–Trinajstić information content (AvgIpc) is 2.81. The summed E-state index contributed by atoms with van der Waals surface area (Å²) in [6.45, 7) is 4.68. The SMILES string of the molecule is COC(=O)c1ccc2c(c1)OC[C@H](C)N(C(=O)Nc1ccc(C)cc1)C2. The van der Waals surface area contributed by atoms with Crippen molar-refractivity contribution in [2.75, 3.05) is 19.0 Å². The molecular formula is C20H22N2O4. The first-order chi connectivity index (χ1) is 12.5. The summed E-state index contributed by atoms with van der Waals surface area (Å²) in [5, 5.41) is 2.92. The standard InChI is InChI=1S/C20H22N2O4/c1-13-4-8-17(9-5-13)21-20(24)22-11-16-7-6-15(19(23)25-3)10-18(16)26-12-14(22)2/h4-10,14H,11-12H2,1-3H3,(H,21,24)/t14-/m0/s1. The predicted octanol–water partition coefficient (Wildman–Crippen LogP) is 3.60. The predicted molar refractivity (Wildman–Crippen MR) is 98.5 cm³/mol. The van der Waals surface area contributed by atoms with Gasteiger partial charge in [-0.3, -0.25) is 0 Å². The van der Waals surface area contributed by atoms with E-state index in [0.29, 0.717) is 24.5 Å². The van der Waals surface area contributed by atoms with Crippen LogP contribution in [0, 0.1) is 6.92 Å². The molecule has 2 aromatic carbocycles. The number of benzene rings is 2. The van der Waals surface area contributed by atoms with Crippen molar-refractivity contribution >= 4 is 17.7 Å². The summed E-state index contributed by atoms with van der Waals surface area (Å²) in [5.41, 5.74) is 3.16. The van der Waals surface area contributed by atoms with E-state index in [1.807, 2.05) is 38.1 Å². The molecule has 6 heteroatoms. The number of ether oxygens (including phenoxy) is 2. The molecule has 1 atom stereocenters. The zero-order chi connectivity index (χ0) is 18.7. The van der Waals surface area contributed by atoms with E-state index in [1.54, 1.807) is 23.1 Å². The lowest BCUT2D eigenvalue weighted by atomic mass is 10.1. The molecule has 1 aliphatic rings. The third-order valence-corrected chi connectivity index (χ3v) is 4.40. The third-order valence-electron chi connectivity index (χ3n) is 4.40. The van der Waals surface area contributed by atoms with Gasteiger partial charge in [0.05, 0.1) is 25.3 Å². The Morgan fingerprint density at radius 2 is 1.92 bits per heavy atom. The van der Waals surface area contributed by atoms with Crippen molar-refractivity contribution in [2.24, 2.45) is 0 Å². The molecule has 136 valence electrons. The first kappa shape index (κ1) is 17.8. The lowest BCUT2D eigenvalue weighted by Gasteiger charge is -2.26. The Hall–Kier alpha value is -3.02. The van der Waals surface area contributed by atoms with Gasteiger partial charge in [-0.25, -0.2) is 9.59 Å². The maximum absolute atomic E-state index is 12.7. The molecule has 0 saturated heterocycles. The van der Waals surface area contributed by atoms with Crippen LogP contribution in [-0.4, -0.2) is 36.7 Å². The lowest BCUT2D eigenvalue weighted by molar-refractivity contribution is 0.0600. The van der Waals surface area contributed by atoms with E-state index >= 15 is 0 Å². The molecule has 0 aliphatic carbocycles. The second-order valence-corrected chi connectivity index (χ2v) is 6.40. The van der Waals surface area contributed by atoms with Crippen LogP contribution in [0.1, 0.15) is 28.4 Å². The maximum Gasteiger partial charge on any atom is 0.337 e. The van der Waals surface area contributed by atoms with Crippen LogP contribution in [0.5, 0.6) is 5.75 Å². The molecule has 2 aromatic rings. The minimum absolute atomic E-state index is 0.116. The fraction of sp³-hybridized carbons (Fsp3) is 0.300. The minimum atomic E-state index is -0.414. The minimum Gasteiger partial charge on any atom is -0.491 e.